The van der Waals surface area contributed by atoms with E-state index in [1.54, 1.807) is 0 Å². The summed E-state index contributed by atoms with van der Waals surface area (Å²) in [5.41, 5.74) is 9.70. The lowest BCUT2D eigenvalue weighted by Gasteiger charge is -2.04. The minimum absolute atomic E-state index is 0.375. The molecule has 4 nitrogen and oxygen atoms in total. The Balaban J connectivity index is 2.20. The monoisotopic (exact) mass is 246 g/mol. The minimum atomic E-state index is 0.375. The maximum Gasteiger partial charge on any atom is 0.153 e. The van der Waals surface area contributed by atoms with Crippen LogP contribution in [0.5, 0.6) is 0 Å². The molecule has 3 aromatic rings. The molecule has 0 amide bonds. The van der Waals surface area contributed by atoms with Crippen molar-refractivity contribution in [3.63, 3.8) is 0 Å². The molecule has 1 aromatic carbocycles. The molecule has 2 N–H and O–H groups in total. The van der Waals surface area contributed by atoms with E-state index >= 15 is 0 Å². The quantitative estimate of drug-likeness (QED) is 0.669. The van der Waals surface area contributed by atoms with E-state index in [1.807, 2.05) is 36.4 Å². The number of nitrogens with zero attached hydrogens (tertiary/aromatic N) is 3. The number of terminal acetylenes is 1. The molecule has 2 aromatic heterocycles. The van der Waals surface area contributed by atoms with E-state index in [0.29, 0.717) is 11.3 Å². The number of benzene rings is 1. The van der Waals surface area contributed by atoms with Gasteiger partial charge in [0, 0.05) is 11.1 Å². The molecular formula is C15H10N4. The number of nitrogen functional groups attached to an aromatic ring is 1. The Morgan fingerprint density at radius 2 is 2.00 bits per heavy atom. The van der Waals surface area contributed by atoms with E-state index in [1.165, 1.54) is 6.33 Å². The summed E-state index contributed by atoms with van der Waals surface area (Å²) in [5.74, 6) is 2.98. The summed E-state index contributed by atoms with van der Waals surface area (Å²) in [6.07, 6.45) is 6.83. The Labute approximate surface area is 110 Å². The normalized spacial score (nSPS) is 10.3. The van der Waals surface area contributed by atoms with E-state index < -0.39 is 0 Å². The lowest BCUT2D eigenvalue weighted by atomic mass is 10.1. The van der Waals surface area contributed by atoms with Crippen LogP contribution in [0.15, 0.2) is 42.7 Å². The zero-order valence-corrected chi connectivity index (χ0v) is 10.0. The van der Waals surface area contributed by atoms with Gasteiger partial charge in [0.25, 0.3) is 0 Å². The van der Waals surface area contributed by atoms with Gasteiger partial charge in [-0.1, -0.05) is 18.1 Å². The van der Waals surface area contributed by atoms with Gasteiger partial charge in [0.2, 0.25) is 0 Å². The van der Waals surface area contributed by atoms with Crippen LogP contribution >= 0.6 is 0 Å². The molecule has 0 spiro atoms. The standard InChI is InChI=1S/C15H10N4/c1-2-10-4-3-5-11(8-10)12-6-7-13-14(19-12)15(16)18-9-17-13/h1,3-9H,(H2,16,17,18). The van der Waals surface area contributed by atoms with Gasteiger partial charge in [0.15, 0.2) is 5.82 Å². The third-order valence-corrected chi connectivity index (χ3v) is 2.84. The topological polar surface area (TPSA) is 64.7 Å². The first kappa shape index (κ1) is 11.2. The number of nitrogens with two attached hydrogens (primary N) is 1. The van der Waals surface area contributed by atoms with E-state index in [-0.39, 0.29) is 0 Å². The minimum Gasteiger partial charge on any atom is -0.382 e. The van der Waals surface area contributed by atoms with Gasteiger partial charge in [-0.05, 0) is 24.3 Å². The first-order chi connectivity index (χ1) is 9.28. The van der Waals surface area contributed by atoms with Gasteiger partial charge in [-0.25, -0.2) is 15.0 Å². The van der Waals surface area contributed by atoms with E-state index in [2.05, 4.69) is 20.9 Å². The Kier molecular flexibility index (Phi) is 2.58. The van der Waals surface area contributed by atoms with Crippen molar-refractivity contribution in [3.05, 3.63) is 48.3 Å². The second kappa shape index (κ2) is 4.39. The molecule has 90 valence electrons. The van der Waals surface area contributed by atoms with Gasteiger partial charge in [-0.15, -0.1) is 6.42 Å². The number of hydrogen-bond donors (Lipinski definition) is 1. The van der Waals surface area contributed by atoms with E-state index in [9.17, 15) is 0 Å². The molecule has 0 fully saturated rings. The molecule has 0 atom stereocenters. The van der Waals surface area contributed by atoms with Crippen molar-refractivity contribution in [2.45, 2.75) is 0 Å². The number of aromatic nitrogens is 3. The fraction of sp³-hybridized carbons (Fsp3) is 0. The fourth-order valence-corrected chi connectivity index (χ4v) is 1.89. The van der Waals surface area contributed by atoms with Crippen molar-refractivity contribution in [2.75, 3.05) is 5.73 Å². The predicted molar refractivity (Wildman–Crippen MR) is 75.1 cm³/mol. The van der Waals surface area contributed by atoms with Gasteiger partial charge >= 0.3 is 0 Å². The molecule has 4 heteroatoms. The maximum absolute atomic E-state index is 5.81. The molecule has 0 unspecified atom stereocenters. The summed E-state index contributed by atoms with van der Waals surface area (Å²) >= 11 is 0. The lowest BCUT2D eigenvalue weighted by Crippen LogP contribution is -1.96. The van der Waals surface area contributed by atoms with Gasteiger partial charge in [0.05, 0.1) is 11.2 Å². The second-order valence-electron chi connectivity index (χ2n) is 4.05. The van der Waals surface area contributed by atoms with Crippen LogP contribution in [0.2, 0.25) is 0 Å². The molecule has 0 radical (unpaired) electrons. The maximum atomic E-state index is 5.81. The SMILES string of the molecule is C#Cc1cccc(-c2ccc3ncnc(N)c3n2)c1. The third kappa shape index (κ3) is 1.98. The number of fused-ring (bicyclic) bond motifs is 1. The van der Waals surface area contributed by atoms with E-state index in [0.717, 1.165) is 22.3 Å². The average Bonchev–Trinajstić information content (AvgIpc) is 2.47. The van der Waals surface area contributed by atoms with Crippen LogP contribution in [0.3, 0.4) is 0 Å². The first-order valence-corrected chi connectivity index (χ1v) is 5.72. The number of pyridine rings is 1. The zero-order valence-electron chi connectivity index (χ0n) is 10.0. The molecule has 19 heavy (non-hydrogen) atoms. The zero-order chi connectivity index (χ0) is 13.2. The summed E-state index contributed by atoms with van der Waals surface area (Å²) in [6.45, 7) is 0. The Morgan fingerprint density at radius 1 is 1.11 bits per heavy atom. The van der Waals surface area contributed by atoms with E-state index in [4.69, 9.17) is 12.2 Å². The van der Waals surface area contributed by atoms with Crippen molar-refractivity contribution in [3.8, 4) is 23.6 Å². The Morgan fingerprint density at radius 3 is 2.84 bits per heavy atom. The highest BCUT2D eigenvalue weighted by atomic mass is 14.9. The Hall–Kier alpha value is -2.93. The molecule has 0 aliphatic heterocycles. The van der Waals surface area contributed by atoms with Gasteiger partial charge in [0.1, 0.15) is 11.8 Å². The summed E-state index contributed by atoms with van der Waals surface area (Å²) in [6, 6.07) is 11.4. The lowest BCUT2D eigenvalue weighted by molar-refractivity contribution is 1.21. The van der Waals surface area contributed by atoms with Crippen molar-refractivity contribution in [1.82, 2.24) is 15.0 Å². The van der Waals surface area contributed by atoms with Gasteiger partial charge in [-0.2, -0.15) is 0 Å². The molecule has 0 aliphatic carbocycles. The van der Waals surface area contributed by atoms with Crippen LogP contribution in [-0.4, -0.2) is 15.0 Å². The van der Waals surface area contributed by atoms with Crippen LogP contribution < -0.4 is 5.73 Å². The second-order valence-corrected chi connectivity index (χ2v) is 4.05. The molecule has 2 heterocycles. The van der Waals surface area contributed by atoms with Crippen LogP contribution in [0.25, 0.3) is 22.3 Å². The van der Waals surface area contributed by atoms with Crippen molar-refractivity contribution < 1.29 is 0 Å². The third-order valence-electron chi connectivity index (χ3n) is 2.84. The molecule has 0 bridgehead atoms. The molecule has 0 saturated carbocycles. The molecule has 0 saturated heterocycles. The van der Waals surface area contributed by atoms with Crippen molar-refractivity contribution in [2.24, 2.45) is 0 Å². The first-order valence-electron chi connectivity index (χ1n) is 5.72. The van der Waals surface area contributed by atoms with Crippen LogP contribution in [0, 0.1) is 12.3 Å². The van der Waals surface area contributed by atoms with Gasteiger partial charge < -0.3 is 5.73 Å². The number of hydrogen-bond acceptors (Lipinski definition) is 4. The van der Waals surface area contributed by atoms with Crippen molar-refractivity contribution >= 4 is 16.9 Å². The van der Waals surface area contributed by atoms with Crippen LogP contribution in [0.1, 0.15) is 5.56 Å². The highest BCUT2D eigenvalue weighted by Gasteiger charge is 2.05. The summed E-state index contributed by atoms with van der Waals surface area (Å²) in [5, 5.41) is 0. The van der Waals surface area contributed by atoms with Crippen LogP contribution in [-0.2, 0) is 0 Å². The predicted octanol–water partition coefficient (Wildman–Crippen LogP) is 2.26. The number of anilines is 1. The summed E-state index contributed by atoms with van der Waals surface area (Å²) < 4.78 is 0. The highest BCUT2D eigenvalue weighted by Crippen LogP contribution is 2.22. The molecule has 3 rings (SSSR count). The fourth-order valence-electron chi connectivity index (χ4n) is 1.89. The highest BCUT2D eigenvalue weighted by molar-refractivity contribution is 5.85. The smallest absolute Gasteiger partial charge is 0.153 e. The number of rotatable bonds is 1. The van der Waals surface area contributed by atoms with Gasteiger partial charge in [-0.3, -0.25) is 0 Å². The summed E-state index contributed by atoms with van der Waals surface area (Å²) in [4.78, 5) is 12.6. The Bertz CT molecular complexity index is 803. The summed E-state index contributed by atoms with van der Waals surface area (Å²) in [7, 11) is 0. The van der Waals surface area contributed by atoms with Crippen LogP contribution in [0.4, 0.5) is 5.82 Å². The largest absolute Gasteiger partial charge is 0.382 e. The molecular weight excluding hydrogens is 236 g/mol. The van der Waals surface area contributed by atoms with Crippen molar-refractivity contribution in [1.29, 1.82) is 0 Å². The average molecular weight is 246 g/mol. The molecule has 0 aliphatic rings.